The topological polar surface area (TPSA) is 0 Å². The van der Waals surface area contributed by atoms with E-state index in [1.807, 2.05) is 0 Å². The summed E-state index contributed by atoms with van der Waals surface area (Å²) in [5.74, 6) is 6.32. The molecule has 0 saturated heterocycles. The summed E-state index contributed by atoms with van der Waals surface area (Å²) in [5, 5.41) is 3.10. The van der Waals surface area contributed by atoms with Crippen molar-refractivity contribution in [3.8, 4) is 0 Å². The van der Waals surface area contributed by atoms with Crippen LogP contribution in [0.5, 0.6) is 0 Å². The van der Waals surface area contributed by atoms with E-state index in [4.69, 9.17) is 0 Å². The highest BCUT2D eigenvalue weighted by molar-refractivity contribution is 5.95. The zero-order valence-electron chi connectivity index (χ0n) is 15.0. The number of rotatable bonds is 2. The van der Waals surface area contributed by atoms with Gasteiger partial charge in [0.05, 0.1) is 0 Å². The largest absolute Gasteiger partial charge is 0.103 e. The summed E-state index contributed by atoms with van der Waals surface area (Å²) in [6, 6.07) is 11.9. The number of allylic oxidation sites excluding steroid dienone is 2. The van der Waals surface area contributed by atoms with Crippen LogP contribution in [-0.2, 0) is 0 Å². The maximum atomic E-state index is 4.20. The van der Waals surface area contributed by atoms with Gasteiger partial charge in [0, 0.05) is 0 Å². The van der Waals surface area contributed by atoms with Crippen LogP contribution in [0.3, 0.4) is 0 Å². The fourth-order valence-electron chi connectivity index (χ4n) is 7.86. The van der Waals surface area contributed by atoms with Crippen LogP contribution >= 0.6 is 0 Å². The molecule has 126 valence electrons. The summed E-state index contributed by atoms with van der Waals surface area (Å²) in [5.41, 5.74) is 4.76. The van der Waals surface area contributed by atoms with E-state index in [0.717, 1.165) is 35.5 Å². The number of aryl methyl sites for hydroxylation is 1. The summed E-state index contributed by atoms with van der Waals surface area (Å²) in [7, 11) is 0. The smallest absolute Gasteiger partial charge is 0.00524 e. The molecule has 0 heterocycles. The second-order valence-electron chi connectivity index (χ2n) is 9.05. The minimum Gasteiger partial charge on any atom is -0.103 e. The lowest BCUT2D eigenvalue weighted by molar-refractivity contribution is 0.174. The lowest BCUT2D eigenvalue weighted by atomic mass is 9.65. The van der Waals surface area contributed by atoms with Gasteiger partial charge in [-0.05, 0) is 94.6 Å². The standard InChI is InChI=1S/C25H26/c1-4-14-11-15(5-2)22-20-12-19(21(14)22)24-17-8-6-7-16-13(3)9-10-18(23(16)17)25(20)24/h4-10,14-15,19-22,24-25H,1-2,11-12H2,3H3. The van der Waals surface area contributed by atoms with Gasteiger partial charge in [-0.25, -0.2) is 0 Å². The Morgan fingerprint density at radius 1 is 0.840 bits per heavy atom. The summed E-state index contributed by atoms with van der Waals surface area (Å²) >= 11 is 0. The van der Waals surface area contributed by atoms with Crippen molar-refractivity contribution >= 4 is 10.8 Å². The molecule has 2 aromatic carbocycles. The molecule has 3 fully saturated rings. The summed E-state index contributed by atoms with van der Waals surface area (Å²) in [6.45, 7) is 10.7. The lowest BCUT2D eigenvalue weighted by Gasteiger charge is -2.38. The van der Waals surface area contributed by atoms with Crippen LogP contribution in [0.1, 0.15) is 41.4 Å². The van der Waals surface area contributed by atoms with Crippen molar-refractivity contribution in [2.75, 3.05) is 0 Å². The third kappa shape index (κ3) is 1.52. The molecule has 25 heavy (non-hydrogen) atoms. The van der Waals surface area contributed by atoms with Gasteiger partial charge in [0.2, 0.25) is 0 Å². The SMILES string of the molecule is C=CC1CC(C=C)C2C3CC(C4c5cccc6c(C)ccc(c56)C34)C12. The van der Waals surface area contributed by atoms with Crippen LogP contribution in [0, 0.1) is 42.4 Å². The van der Waals surface area contributed by atoms with Crippen molar-refractivity contribution in [2.45, 2.75) is 31.6 Å². The van der Waals surface area contributed by atoms with E-state index in [1.165, 1.54) is 23.8 Å². The minimum atomic E-state index is 0.702. The van der Waals surface area contributed by atoms with Gasteiger partial charge in [-0.1, -0.05) is 42.5 Å². The highest BCUT2D eigenvalue weighted by Gasteiger charge is 2.65. The van der Waals surface area contributed by atoms with E-state index in [9.17, 15) is 0 Å². The molecule has 0 amide bonds. The zero-order chi connectivity index (χ0) is 16.9. The van der Waals surface area contributed by atoms with E-state index < -0.39 is 0 Å². The molecule has 4 aliphatic carbocycles. The molecule has 8 atom stereocenters. The highest BCUT2D eigenvalue weighted by atomic mass is 14.7. The summed E-state index contributed by atoms with van der Waals surface area (Å²) in [6.07, 6.45) is 7.26. The minimum absolute atomic E-state index is 0.702. The van der Waals surface area contributed by atoms with Gasteiger partial charge in [-0.3, -0.25) is 0 Å². The van der Waals surface area contributed by atoms with Gasteiger partial charge in [0.1, 0.15) is 0 Å². The molecule has 2 bridgehead atoms. The zero-order valence-corrected chi connectivity index (χ0v) is 15.0. The first-order valence-corrected chi connectivity index (χ1v) is 10.0. The Balaban J connectivity index is 1.56. The van der Waals surface area contributed by atoms with Gasteiger partial charge >= 0.3 is 0 Å². The molecule has 0 nitrogen and oxygen atoms in total. The molecule has 3 saturated carbocycles. The highest BCUT2D eigenvalue weighted by Crippen LogP contribution is 2.74. The Morgan fingerprint density at radius 3 is 2.12 bits per heavy atom. The third-order valence-corrected chi connectivity index (χ3v) is 8.47. The maximum Gasteiger partial charge on any atom is -0.00524 e. The Bertz CT molecular complexity index is 881. The maximum absolute atomic E-state index is 4.20. The molecule has 0 N–H and O–H groups in total. The first-order chi connectivity index (χ1) is 12.2. The first kappa shape index (κ1) is 14.4. The van der Waals surface area contributed by atoms with Crippen molar-refractivity contribution in [3.63, 3.8) is 0 Å². The van der Waals surface area contributed by atoms with E-state index in [2.05, 4.69) is 62.6 Å². The van der Waals surface area contributed by atoms with E-state index >= 15 is 0 Å². The van der Waals surface area contributed by atoms with Crippen molar-refractivity contribution in [1.82, 2.24) is 0 Å². The molecule has 0 heteroatoms. The van der Waals surface area contributed by atoms with Gasteiger partial charge in [-0.2, -0.15) is 0 Å². The molecular weight excluding hydrogens is 300 g/mol. The van der Waals surface area contributed by atoms with Crippen molar-refractivity contribution in [3.05, 3.63) is 72.3 Å². The lowest BCUT2D eigenvalue weighted by Crippen LogP contribution is -2.31. The predicted molar refractivity (Wildman–Crippen MR) is 105 cm³/mol. The van der Waals surface area contributed by atoms with E-state index in [0.29, 0.717) is 11.8 Å². The molecule has 6 rings (SSSR count). The molecule has 0 aliphatic heterocycles. The fraction of sp³-hybridized carbons (Fsp3) is 0.440. The van der Waals surface area contributed by atoms with Crippen molar-refractivity contribution < 1.29 is 0 Å². The van der Waals surface area contributed by atoms with Crippen molar-refractivity contribution in [1.29, 1.82) is 0 Å². The number of hydrogen-bond donors (Lipinski definition) is 0. The van der Waals surface area contributed by atoms with E-state index in [1.54, 1.807) is 16.5 Å². The second kappa shape index (κ2) is 4.67. The Kier molecular flexibility index (Phi) is 2.68. The molecule has 8 unspecified atom stereocenters. The Labute approximate surface area is 150 Å². The molecule has 0 radical (unpaired) electrons. The third-order valence-electron chi connectivity index (χ3n) is 8.47. The normalized spacial score (nSPS) is 42.6. The average Bonchev–Trinajstić information content (AvgIpc) is 3.35. The molecule has 4 aliphatic rings. The summed E-state index contributed by atoms with van der Waals surface area (Å²) < 4.78 is 0. The van der Waals surface area contributed by atoms with Crippen LogP contribution in [-0.4, -0.2) is 0 Å². The molecule has 2 aromatic rings. The summed E-state index contributed by atoms with van der Waals surface area (Å²) in [4.78, 5) is 0. The average molecular weight is 326 g/mol. The van der Waals surface area contributed by atoms with Gasteiger partial charge in [0.25, 0.3) is 0 Å². The van der Waals surface area contributed by atoms with Crippen LogP contribution in [0.4, 0.5) is 0 Å². The van der Waals surface area contributed by atoms with Crippen LogP contribution in [0.2, 0.25) is 0 Å². The van der Waals surface area contributed by atoms with Crippen molar-refractivity contribution in [2.24, 2.45) is 35.5 Å². The fourth-order valence-corrected chi connectivity index (χ4v) is 7.86. The van der Waals surface area contributed by atoms with Gasteiger partial charge < -0.3 is 0 Å². The van der Waals surface area contributed by atoms with E-state index in [-0.39, 0.29) is 0 Å². The molecule has 0 aromatic heterocycles. The second-order valence-corrected chi connectivity index (χ2v) is 9.05. The Morgan fingerprint density at radius 2 is 1.48 bits per heavy atom. The number of hydrogen-bond acceptors (Lipinski definition) is 0. The van der Waals surface area contributed by atoms with Crippen LogP contribution in [0.15, 0.2) is 55.6 Å². The molecular formula is C25H26. The number of fused-ring (bicyclic) bond motifs is 10. The molecule has 0 spiro atoms. The number of benzene rings is 2. The predicted octanol–water partition coefficient (Wildman–Crippen LogP) is 6.22. The van der Waals surface area contributed by atoms with Crippen LogP contribution in [0.25, 0.3) is 10.8 Å². The quantitative estimate of drug-likeness (QED) is 0.575. The van der Waals surface area contributed by atoms with Gasteiger partial charge in [0.15, 0.2) is 0 Å². The Hall–Kier alpha value is -1.82. The van der Waals surface area contributed by atoms with Crippen LogP contribution < -0.4 is 0 Å². The first-order valence-electron chi connectivity index (χ1n) is 10.0. The monoisotopic (exact) mass is 326 g/mol. The van der Waals surface area contributed by atoms with Gasteiger partial charge in [-0.15, -0.1) is 13.2 Å².